The van der Waals surface area contributed by atoms with Gasteiger partial charge in [0.15, 0.2) is 12.1 Å². The van der Waals surface area contributed by atoms with E-state index in [1.165, 1.54) is 43.6 Å². The highest BCUT2D eigenvalue weighted by atomic mass is 19.4. The van der Waals surface area contributed by atoms with Crippen LogP contribution < -0.4 is 14.9 Å². The molecule has 2 aromatic heterocycles. The van der Waals surface area contributed by atoms with Crippen molar-refractivity contribution in [1.82, 2.24) is 4.40 Å². The van der Waals surface area contributed by atoms with Gasteiger partial charge in [0.1, 0.15) is 5.75 Å². The fraction of sp³-hybridized carbons (Fsp3) is 0.176. The number of alkyl halides is 3. The Morgan fingerprint density at radius 1 is 1.20 bits per heavy atom. The number of pyridine rings is 1. The molecule has 1 N–H and O–H groups in total. The molecule has 25 heavy (non-hydrogen) atoms. The standard InChI is InChI=1S/C17H13F3N2O3/c1-25-12-6-4-5-11(9-12)14-15(23)21-8-3-2-7-13(21)22(16(14)24)10-17(18,19)20/h2-9H,10H2,1H3/p+1. The zero-order valence-electron chi connectivity index (χ0n) is 13.1. The molecular formula is C17H14F3N2O3+. The Kier molecular flexibility index (Phi) is 4.12. The highest BCUT2D eigenvalue weighted by molar-refractivity contribution is 5.68. The van der Waals surface area contributed by atoms with Gasteiger partial charge in [-0.1, -0.05) is 18.2 Å². The van der Waals surface area contributed by atoms with E-state index in [0.717, 1.165) is 4.40 Å². The molecular weight excluding hydrogens is 337 g/mol. The van der Waals surface area contributed by atoms with Gasteiger partial charge in [0.05, 0.1) is 13.3 Å². The number of ether oxygens (including phenoxy) is 1. The number of aromatic nitrogens is 2. The van der Waals surface area contributed by atoms with Gasteiger partial charge >= 0.3 is 11.7 Å². The summed E-state index contributed by atoms with van der Waals surface area (Å²) >= 11 is 0. The Morgan fingerprint density at radius 2 is 1.96 bits per heavy atom. The van der Waals surface area contributed by atoms with E-state index < -0.39 is 24.2 Å². The average molecular weight is 351 g/mol. The van der Waals surface area contributed by atoms with Gasteiger partial charge in [0, 0.05) is 11.6 Å². The minimum Gasteiger partial charge on any atom is -0.497 e. The van der Waals surface area contributed by atoms with Crippen LogP contribution in [-0.2, 0) is 6.54 Å². The molecule has 3 aromatic rings. The van der Waals surface area contributed by atoms with E-state index in [0.29, 0.717) is 10.3 Å². The Morgan fingerprint density at radius 3 is 2.64 bits per heavy atom. The van der Waals surface area contributed by atoms with Gasteiger partial charge in [-0.25, -0.2) is 4.79 Å². The summed E-state index contributed by atoms with van der Waals surface area (Å²) in [4.78, 5) is 12.7. The van der Waals surface area contributed by atoms with Gasteiger partial charge in [-0.15, -0.1) is 0 Å². The molecule has 130 valence electrons. The van der Waals surface area contributed by atoms with Crippen LogP contribution in [-0.4, -0.2) is 22.8 Å². The maximum Gasteiger partial charge on any atom is 0.426 e. The lowest BCUT2D eigenvalue weighted by Gasteiger charge is -2.12. The smallest absolute Gasteiger partial charge is 0.426 e. The second kappa shape index (κ2) is 6.12. The van der Waals surface area contributed by atoms with Crippen LogP contribution in [0.15, 0.2) is 53.5 Å². The topological polar surface area (TPSA) is 54.8 Å². The number of hydrogen-bond donors (Lipinski definition) is 1. The molecule has 0 atom stereocenters. The number of hydrogen-bond acceptors (Lipinski definition) is 3. The summed E-state index contributed by atoms with van der Waals surface area (Å²) in [5.41, 5.74) is -0.656. The number of rotatable bonds is 3. The maximum absolute atomic E-state index is 13.0. The highest BCUT2D eigenvalue weighted by Crippen LogP contribution is 2.27. The highest BCUT2D eigenvalue weighted by Gasteiger charge is 2.36. The monoisotopic (exact) mass is 351 g/mol. The normalized spacial score (nSPS) is 11.7. The summed E-state index contributed by atoms with van der Waals surface area (Å²) in [6.07, 6.45) is -3.21. The average Bonchev–Trinajstić information content (AvgIpc) is 2.58. The van der Waals surface area contributed by atoms with Gasteiger partial charge in [-0.05, 0) is 18.2 Å². The van der Waals surface area contributed by atoms with Gasteiger partial charge in [-0.2, -0.15) is 22.1 Å². The number of benzene rings is 1. The third-order valence-electron chi connectivity index (χ3n) is 3.72. The van der Waals surface area contributed by atoms with Crippen LogP contribution in [0, 0.1) is 0 Å². The molecule has 0 aliphatic heterocycles. The zero-order valence-corrected chi connectivity index (χ0v) is 13.1. The SMILES string of the molecule is COc1cccc(-c2c(O)[n+](CC(F)(F)F)c3ccccn3c2=O)c1. The molecule has 0 radical (unpaired) electrons. The fourth-order valence-corrected chi connectivity index (χ4v) is 2.65. The van der Waals surface area contributed by atoms with E-state index in [1.54, 1.807) is 12.1 Å². The molecule has 0 aliphatic rings. The van der Waals surface area contributed by atoms with Crippen molar-refractivity contribution in [2.75, 3.05) is 7.11 Å². The number of methoxy groups -OCH3 is 1. The molecule has 2 heterocycles. The lowest BCUT2D eigenvalue weighted by molar-refractivity contribution is -0.703. The molecule has 0 aliphatic carbocycles. The van der Waals surface area contributed by atoms with E-state index in [1.807, 2.05) is 0 Å². The summed E-state index contributed by atoms with van der Waals surface area (Å²) < 4.78 is 45.7. The predicted molar refractivity (Wildman–Crippen MR) is 83.6 cm³/mol. The molecule has 0 fully saturated rings. The lowest BCUT2D eigenvalue weighted by atomic mass is 10.1. The minimum atomic E-state index is -4.57. The Balaban J connectivity index is 2.37. The molecule has 0 saturated heterocycles. The second-order valence-electron chi connectivity index (χ2n) is 5.37. The molecule has 3 rings (SSSR count). The fourth-order valence-electron chi connectivity index (χ4n) is 2.65. The third kappa shape index (κ3) is 3.15. The van der Waals surface area contributed by atoms with Crippen molar-refractivity contribution in [2.24, 2.45) is 0 Å². The zero-order chi connectivity index (χ0) is 18.2. The van der Waals surface area contributed by atoms with Crippen LogP contribution in [0.3, 0.4) is 0 Å². The summed E-state index contributed by atoms with van der Waals surface area (Å²) in [5, 5.41) is 10.5. The molecule has 5 nitrogen and oxygen atoms in total. The first kappa shape index (κ1) is 16.8. The van der Waals surface area contributed by atoms with Crippen molar-refractivity contribution >= 4 is 5.65 Å². The van der Waals surface area contributed by atoms with E-state index >= 15 is 0 Å². The van der Waals surface area contributed by atoms with E-state index in [4.69, 9.17) is 4.74 Å². The van der Waals surface area contributed by atoms with Crippen LogP contribution in [0.4, 0.5) is 13.2 Å². The van der Waals surface area contributed by atoms with Crippen LogP contribution in [0.2, 0.25) is 0 Å². The van der Waals surface area contributed by atoms with Crippen molar-refractivity contribution in [3.63, 3.8) is 0 Å². The number of nitrogens with zero attached hydrogens (tertiary/aromatic N) is 2. The van der Waals surface area contributed by atoms with Crippen LogP contribution in [0.5, 0.6) is 11.6 Å². The summed E-state index contributed by atoms with van der Waals surface area (Å²) in [6.45, 7) is -1.43. The third-order valence-corrected chi connectivity index (χ3v) is 3.72. The van der Waals surface area contributed by atoms with Crippen LogP contribution in [0.1, 0.15) is 0 Å². The van der Waals surface area contributed by atoms with Crippen LogP contribution >= 0.6 is 0 Å². The quantitative estimate of drug-likeness (QED) is 0.738. The molecule has 0 bridgehead atoms. The van der Waals surface area contributed by atoms with Crippen LogP contribution in [0.25, 0.3) is 16.8 Å². The van der Waals surface area contributed by atoms with Crippen molar-refractivity contribution in [3.8, 4) is 22.8 Å². The lowest BCUT2D eigenvalue weighted by Crippen LogP contribution is -2.46. The molecule has 0 unspecified atom stereocenters. The number of aromatic hydroxyl groups is 1. The van der Waals surface area contributed by atoms with Crippen molar-refractivity contribution in [2.45, 2.75) is 12.7 Å². The largest absolute Gasteiger partial charge is 0.497 e. The van der Waals surface area contributed by atoms with E-state index in [9.17, 15) is 23.1 Å². The molecule has 0 amide bonds. The summed E-state index contributed by atoms with van der Waals surface area (Å²) in [7, 11) is 1.43. The molecule has 0 saturated carbocycles. The van der Waals surface area contributed by atoms with Gasteiger partial charge < -0.3 is 9.84 Å². The summed E-state index contributed by atoms with van der Waals surface area (Å²) in [5.74, 6) is -0.335. The Hall–Kier alpha value is -3.03. The maximum atomic E-state index is 13.0. The summed E-state index contributed by atoms with van der Waals surface area (Å²) in [6, 6.07) is 10.6. The van der Waals surface area contributed by atoms with Gasteiger partial charge in [-0.3, -0.25) is 0 Å². The van der Waals surface area contributed by atoms with E-state index in [2.05, 4.69) is 0 Å². The van der Waals surface area contributed by atoms with Gasteiger partial charge in [0.2, 0.25) is 0 Å². The Labute approximate surface area is 140 Å². The molecule has 8 heteroatoms. The number of fused-ring (bicyclic) bond motifs is 1. The first-order chi connectivity index (χ1) is 11.8. The van der Waals surface area contributed by atoms with Gasteiger partial charge in [0.25, 0.3) is 11.5 Å². The molecule has 1 aromatic carbocycles. The second-order valence-corrected chi connectivity index (χ2v) is 5.37. The first-order valence-corrected chi connectivity index (χ1v) is 7.29. The molecule has 0 spiro atoms. The number of halogens is 3. The van der Waals surface area contributed by atoms with Crippen molar-refractivity contribution < 1.29 is 27.6 Å². The van der Waals surface area contributed by atoms with Crippen molar-refractivity contribution in [1.29, 1.82) is 0 Å². The predicted octanol–water partition coefficient (Wildman–Crippen LogP) is 2.53. The van der Waals surface area contributed by atoms with E-state index in [-0.39, 0.29) is 16.8 Å². The minimum absolute atomic E-state index is 0.0611. The van der Waals surface area contributed by atoms with Crippen molar-refractivity contribution in [3.05, 3.63) is 59.0 Å². The first-order valence-electron chi connectivity index (χ1n) is 7.29. The Bertz CT molecular complexity index is 997.